The summed E-state index contributed by atoms with van der Waals surface area (Å²) in [5.41, 5.74) is 3.75. The van der Waals surface area contributed by atoms with Crippen LogP contribution in [0.5, 0.6) is 5.75 Å². The molecule has 0 fully saturated rings. The van der Waals surface area contributed by atoms with Gasteiger partial charge < -0.3 is 25.1 Å². The lowest BCUT2D eigenvalue weighted by molar-refractivity contribution is -0.118. The fourth-order valence-electron chi connectivity index (χ4n) is 2.85. The van der Waals surface area contributed by atoms with Crippen LogP contribution in [-0.4, -0.2) is 39.1 Å². The Labute approximate surface area is 164 Å². The van der Waals surface area contributed by atoms with Crippen molar-refractivity contribution < 1.29 is 14.3 Å². The van der Waals surface area contributed by atoms with Crippen LogP contribution >= 0.6 is 11.9 Å². The predicted octanol–water partition coefficient (Wildman–Crippen LogP) is 2.30. The second-order valence-corrected chi connectivity index (χ2v) is 7.10. The van der Waals surface area contributed by atoms with Crippen molar-refractivity contribution in [2.24, 2.45) is 0 Å². The first-order valence-corrected chi connectivity index (χ1v) is 9.68. The van der Waals surface area contributed by atoms with E-state index >= 15 is 0 Å². The molecule has 28 heavy (non-hydrogen) atoms. The molecule has 3 aromatic rings. The van der Waals surface area contributed by atoms with Gasteiger partial charge in [-0.15, -0.1) is 0 Å². The van der Waals surface area contributed by atoms with E-state index < -0.39 is 0 Å². The number of aromatic nitrogens is 3. The van der Waals surface area contributed by atoms with Crippen molar-refractivity contribution in [3.63, 3.8) is 0 Å². The molecule has 0 atom stereocenters. The van der Waals surface area contributed by atoms with Gasteiger partial charge in [-0.05, 0) is 17.7 Å². The Bertz CT molecular complexity index is 1050. The molecule has 2 aromatic heterocycles. The maximum Gasteiger partial charge on any atom is 0.272 e. The summed E-state index contributed by atoms with van der Waals surface area (Å²) in [6.07, 6.45) is 3.14. The molecule has 1 aromatic carbocycles. The van der Waals surface area contributed by atoms with Crippen LogP contribution in [0, 0.1) is 0 Å². The lowest BCUT2D eigenvalue weighted by atomic mass is 10.1. The molecule has 0 unspecified atom stereocenters. The first-order chi connectivity index (χ1) is 13.7. The van der Waals surface area contributed by atoms with Crippen molar-refractivity contribution in [3.8, 4) is 5.75 Å². The van der Waals surface area contributed by atoms with Crippen molar-refractivity contribution in [1.29, 1.82) is 0 Å². The molecule has 2 amide bonds. The maximum atomic E-state index is 12.7. The van der Waals surface area contributed by atoms with E-state index in [1.165, 1.54) is 6.33 Å². The number of H-pyrrole nitrogens is 1. The zero-order valence-electron chi connectivity index (χ0n) is 15.0. The lowest BCUT2D eigenvalue weighted by Crippen LogP contribution is -2.26. The molecule has 3 heterocycles. The summed E-state index contributed by atoms with van der Waals surface area (Å²) < 4.78 is 8.53. The predicted molar refractivity (Wildman–Crippen MR) is 107 cm³/mol. The monoisotopic (exact) mass is 398 g/mol. The normalized spacial score (nSPS) is 12.8. The number of benzene rings is 1. The van der Waals surface area contributed by atoms with Gasteiger partial charge in [-0.1, -0.05) is 24.9 Å². The summed E-state index contributed by atoms with van der Waals surface area (Å²) in [6.45, 7) is 2.33. The highest BCUT2D eigenvalue weighted by molar-refractivity contribution is 8.00. The highest BCUT2D eigenvalue weighted by atomic mass is 32.2. The molecule has 10 heteroatoms. The number of carbonyl (C=O) groups is 2. The number of fused-ring (bicyclic) bond motifs is 2. The average Bonchev–Trinajstić information content (AvgIpc) is 3.13. The van der Waals surface area contributed by atoms with Gasteiger partial charge in [-0.25, -0.2) is 9.97 Å². The number of ether oxygens (including phenoxy) is 1. The fraction of sp³-hybridized carbons (Fsp3) is 0.222. The van der Waals surface area contributed by atoms with Crippen LogP contribution in [0.1, 0.15) is 23.0 Å². The van der Waals surface area contributed by atoms with E-state index in [1.807, 2.05) is 13.0 Å². The quantitative estimate of drug-likeness (QED) is 0.470. The van der Waals surface area contributed by atoms with Crippen LogP contribution in [0.15, 0.2) is 30.7 Å². The SMILES string of the molecule is CCSNc1c[nH]c2c(C(=O)NCc3ccc4c(c3)NC(=O)CO4)ncnc12. The number of hydrogen-bond acceptors (Lipinski definition) is 7. The van der Waals surface area contributed by atoms with E-state index in [1.54, 1.807) is 30.3 Å². The highest BCUT2D eigenvalue weighted by Gasteiger charge is 2.18. The van der Waals surface area contributed by atoms with Gasteiger partial charge >= 0.3 is 0 Å². The van der Waals surface area contributed by atoms with Gasteiger partial charge in [0.15, 0.2) is 12.3 Å². The van der Waals surface area contributed by atoms with E-state index in [-0.39, 0.29) is 30.7 Å². The molecule has 0 saturated heterocycles. The highest BCUT2D eigenvalue weighted by Crippen LogP contribution is 2.28. The third kappa shape index (κ3) is 3.58. The molecule has 0 saturated carbocycles. The Morgan fingerprint density at radius 2 is 2.25 bits per heavy atom. The molecular weight excluding hydrogens is 380 g/mol. The summed E-state index contributed by atoms with van der Waals surface area (Å²) in [7, 11) is 0. The van der Waals surface area contributed by atoms with Gasteiger partial charge in [0.2, 0.25) is 0 Å². The van der Waals surface area contributed by atoms with Crippen molar-refractivity contribution in [2.75, 3.05) is 22.4 Å². The van der Waals surface area contributed by atoms with Crippen molar-refractivity contribution in [2.45, 2.75) is 13.5 Å². The third-order valence-electron chi connectivity index (χ3n) is 4.13. The minimum Gasteiger partial charge on any atom is -0.482 e. The van der Waals surface area contributed by atoms with Crippen LogP contribution in [0.25, 0.3) is 11.0 Å². The smallest absolute Gasteiger partial charge is 0.272 e. The lowest BCUT2D eigenvalue weighted by Gasteiger charge is -2.18. The first-order valence-electron chi connectivity index (χ1n) is 8.69. The molecule has 1 aliphatic heterocycles. The van der Waals surface area contributed by atoms with Gasteiger partial charge in [-0.2, -0.15) is 0 Å². The minimum absolute atomic E-state index is 0.0105. The molecule has 1 aliphatic rings. The molecule has 0 bridgehead atoms. The average molecular weight is 398 g/mol. The number of anilines is 2. The number of amides is 2. The number of rotatable bonds is 6. The van der Waals surface area contributed by atoms with Crippen LogP contribution in [-0.2, 0) is 11.3 Å². The Hall–Kier alpha value is -3.27. The Balaban J connectivity index is 1.49. The van der Waals surface area contributed by atoms with E-state index in [4.69, 9.17) is 4.74 Å². The number of aromatic amines is 1. The summed E-state index contributed by atoms with van der Waals surface area (Å²) in [5.74, 6) is 0.997. The zero-order valence-corrected chi connectivity index (χ0v) is 15.9. The number of nitrogens with one attached hydrogen (secondary N) is 4. The number of carbonyl (C=O) groups excluding carboxylic acids is 2. The maximum absolute atomic E-state index is 12.7. The van der Waals surface area contributed by atoms with Crippen molar-refractivity contribution in [3.05, 3.63) is 42.0 Å². The van der Waals surface area contributed by atoms with Crippen LogP contribution in [0.4, 0.5) is 11.4 Å². The molecule has 0 aliphatic carbocycles. The Morgan fingerprint density at radius 1 is 1.36 bits per heavy atom. The molecule has 4 N–H and O–H groups in total. The number of nitrogens with zero attached hydrogens (tertiary/aromatic N) is 2. The minimum atomic E-state index is -0.318. The third-order valence-corrected chi connectivity index (χ3v) is 4.79. The van der Waals surface area contributed by atoms with Crippen molar-refractivity contribution >= 4 is 46.2 Å². The standard InChI is InChI=1S/C18H18N6O3S/c1-2-28-24-12-7-19-16-15(12)21-9-22-17(16)18(26)20-6-10-3-4-13-11(5-10)23-14(25)8-27-13/h3-5,7,9,19,24H,2,6,8H2,1H3,(H,20,26)(H,23,25). The van der Waals surface area contributed by atoms with Gasteiger partial charge in [0.1, 0.15) is 17.6 Å². The molecule has 144 valence electrons. The summed E-state index contributed by atoms with van der Waals surface area (Å²) in [4.78, 5) is 35.6. The summed E-state index contributed by atoms with van der Waals surface area (Å²) in [5, 5.41) is 5.60. The zero-order chi connectivity index (χ0) is 19.5. The topological polar surface area (TPSA) is 121 Å². The second-order valence-electron chi connectivity index (χ2n) is 6.03. The fourth-order valence-corrected chi connectivity index (χ4v) is 3.30. The summed E-state index contributed by atoms with van der Waals surface area (Å²) in [6, 6.07) is 5.39. The van der Waals surface area contributed by atoms with Crippen LogP contribution < -0.4 is 20.1 Å². The van der Waals surface area contributed by atoms with Gasteiger partial charge in [-0.3, -0.25) is 9.59 Å². The van der Waals surface area contributed by atoms with E-state index in [0.29, 0.717) is 22.5 Å². The molecule has 0 spiro atoms. The first kappa shape index (κ1) is 18.1. The Morgan fingerprint density at radius 3 is 3.11 bits per heavy atom. The second kappa shape index (κ2) is 7.77. The summed E-state index contributed by atoms with van der Waals surface area (Å²) >= 11 is 1.54. The van der Waals surface area contributed by atoms with Crippen LogP contribution in [0.3, 0.4) is 0 Å². The largest absolute Gasteiger partial charge is 0.482 e. The van der Waals surface area contributed by atoms with Crippen molar-refractivity contribution in [1.82, 2.24) is 20.3 Å². The van der Waals surface area contributed by atoms with Gasteiger partial charge in [0.05, 0.1) is 16.9 Å². The van der Waals surface area contributed by atoms with Crippen LogP contribution in [0.2, 0.25) is 0 Å². The van der Waals surface area contributed by atoms with Gasteiger partial charge in [0, 0.05) is 18.5 Å². The molecule has 0 radical (unpaired) electrons. The molecule has 9 nitrogen and oxygen atoms in total. The molecule has 4 rings (SSSR count). The van der Waals surface area contributed by atoms with E-state index in [0.717, 1.165) is 17.0 Å². The Kier molecular flexibility index (Phi) is 5.02. The van der Waals surface area contributed by atoms with E-state index in [9.17, 15) is 9.59 Å². The van der Waals surface area contributed by atoms with Gasteiger partial charge in [0.25, 0.3) is 11.8 Å². The van der Waals surface area contributed by atoms with E-state index in [2.05, 4.69) is 30.3 Å². The molecular formula is C18H18N6O3S. The number of hydrogen-bond donors (Lipinski definition) is 4.